The standard InChI is InChI=1S/C29H30N6O7/c30-26(31)19-5-4-18(13-23(36)28(40)41)24(14-19)42-15-22(10-11-25(37)38)34-27(39)20-3-1-2-17(12-20)16-6-8-21(9-7-16)35-29(32)33/h1-9,12,14,22H,10-11,13,15H2,(H3,30,31)(H,34,39)(H,37,38)(H,40,41)(H4,32,33,35)/t22-/m1/s1. The van der Waals surface area contributed by atoms with Crippen LogP contribution in [0.15, 0.2) is 71.7 Å². The van der Waals surface area contributed by atoms with Crippen LogP contribution < -0.4 is 27.3 Å². The summed E-state index contributed by atoms with van der Waals surface area (Å²) in [7, 11) is 0. The Morgan fingerprint density at radius 3 is 2.24 bits per heavy atom. The number of nitrogens with one attached hydrogen (secondary N) is 2. The lowest BCUT2D eigenvalue weighted by atomic mass is 10.0. The lowest BCUT2D eigenvalue weighted by Gasteiger charge is -2.20. The van der Waals surface area contributed by atoms with E-state index in [-0.39, 0.29) is 48.1 Å². The molecule has 13 heteroatoms. The van der Waals surface area contributed by atoms with E-state index in [0.29, 0.717) is 11.3 Å². The van der Waals surface area contributed by atoms with Gasteiger partial charge in [-0.15, -0.1) is 0 Å². The summed E-state index contributed by atoms with van der Waals surface area (Å²) >= 11 is 0. The van der Waals surface area contributed by atoms with E-state index in [2.05, 4.69) is 10.3 Å². The van der Waals surface area contributed by atoms with Gasteiger partial charge in [0.2, 0.25) is 5.78 Å². The number of carboxylic acid groups (broad SMARTS) is 2. The highest BCUT2D eigenvalue weighted by atomic mass is 16.5. The van der Waals surface area contributed by atoms with E-state index in [0.717, 1.165) is 11.1 Å². The van der Waals surface area contributed by atoms with Crippen molar-refractivity contribution in [3.05, 3.63) is 83.4 Å². The van der Waals surface area contributed by atoms with Gasteiger partial charge in [-0.05, 0) is 47.9 Å². The second kappa shape index (κ2) is 14.1. The third-order valence-corrected chi connectivity index (χ3v) is 6.03. The topological polar surface area (TPSA) is 244 Å². The molecule has 0 aliphatic heterocycles. The number of carboxylic acids is 2. The van der Waals surface area contributed by atoms with E-state index < -0.39 is 36.1 Å². The summed E-state index contributed by atoms with van der Waals surface area (Å²) < 4.78 is 5.84. The third kappa shape index (κ3) is 8.91. The number of carbonyl (C=O) groups is 4. The van der Waals surface area contributed by atoms with Gasteiger partial charge in [0, 0.05) is 29.5 Å². The van der Waals surface area contributed by atoms with Crippen molar-refractivity contribution in [2.75, 3.05) is 6.61 Å². The average molecular weight is 575 g/mol. The van der Waals surface area contributed by atoms with Crippen LogP contribution in [0.1, 0.15) is 34.3 Å². The van der Waals surface area contributed by atoms with Gasteiger partial charge in [0.15, 0.2) is 5.96 Å². The first kappa shape index (κ1) is 30.8. The third-order valence-electron chi connectivity index (χ3n) is 6.03. The minimum Gasteiger partial charge on any atom is -0.491 e. The molecule has 218 valence electrons. The summed E-state index contributed by atoms with van der Waals surface area (Å²) in [4.78, 5) is 51.3. The maximum absolute atomic E-state index is 13.2. The molecule has 0 aromatic heterocycles. The predicted molar refractivity (Wildman–Crippen MR) is 155 cm³/mol. The van der Waals surface area contributed by atoms with Crippen molar-refractivity contribution >= 4 is 41.1 Å². The summed E-state index contributed by atoms with van der Waals surface area (Å²) in [6, 6.07) is 17.3. The van der Waals surface area contributed by atoms with Gasteiger partial charge in [-0.1, -0.05) is 36.4 Å². The molecule has 0 spiro atoms. The number of amidine groups is 1. The number of ketones is 1. The van der Waals surface area contributed by atoms with E-state index in [4.69, 9.17) is 32.5 Å². The van der Waals surface area contributed by atoms with Crippen molar-refractivity contribution < 1.29 is 34.1 Å². The van der Waals surface area contributed by atoms with Gasteiger partial charge in [0.05, 0.1) is 11.7 Å². The molecule has 3 aromatic rings. The van der Waals surface area contributed by atoms with Gasteiger partial charge in [-0.2, -0.15) is 0 Å². The number of carbonyl (C=O) groups excluding carboxylic acids is 2. The monoisotopic (exact) mass is 574 g/mol. The molecule has 10 N–H and O–H groups in total. The Bertz CT molecular complexity index is 1530. The Kier molecular flexibility index (Phi) is 10.3. The SMILES string of the molecule is N=C(N)c1ccc(CC(=O)C(=O)O)c(OC[C@@H](CCC(=O)O)NC(=O)c2cccc(-c3ccc(N=C(N)N)cc3)c2)c1. The number of nitrogens with two attached hydrogens (primary N) is 3. The maximum atomic E-state index is 13.2. The number of nitrogen functional groups attached to an aromatic ring is 1. The quantitative estimate of drug-likeness (QED) is 0.0835. The Labute approximate surface area is 240 Å². The zero-order chi connectivity index (χ0) is 30.8. The average Bonchev–Trinajstić information content (AvgIpc) is 2.94. The summed E-state index contributed by atoms with van der Waals surface area (Å²) in [5, 5.41) is 28.7. The lowest BCUT2D eigenvalue weighted by Crippen LogP contribution is -2.39. The molecule has 0 saturated heterocycles. The van der Waals surface area contributed by atoms with Crippen molar-refractivity contribution in [2.24, 2.45) is 22.2 Å². The molecule has 0 aliphatic carbocycles. The second-order valence-electron chi connectivity index (χ2n) is 9.22. The molecule has 0 fully saturated rings. The number of ether oxygens (including phenoxy) is 1. The highest BCUT2D eigenvalue weighted by Gasteiger charge is 2.20. The molecule has 3 rings (SSSR count). The van der Waals surface area contributed by atoms with Gasteiger partial charge in [0.1, 0.15) is 18.2 Å². The minimum atomic E-state index is -1.62. The molecule has 0 aliphatic rings. The highest BCUT2D eigenvalue weighted by Crippen LogP contribution is 2.25. The fourth-order valence-corrected chi connectivity index (χ4v) is 3.92. The minimum absolute atomic E-state index is 0.0167. The van der Waals surface area contributed by atoms with Crippen molar-refractivity contribution in [3.8, 4) is 16.9 Å². The van der Waals surface area contributed by atoms with Crippen LogP contribution in [0.5, 0.6) is 5.75 Å². The zero-order valence-corrected chi connectivity index (χ0v) is 22.4. The summed E-state index contributed by atoms with van der Waals surface area (Å²) in [6.07, 6.45) is -0.730. The van der Waals surface area contributed by atoms with Crippen molar-refractivity contribution in [1.29, 1.82) is 5.41 Å². The van der Waals surface area contributed by atoms with Crippen LogP contribution in [-0.2, 0) is 20.8 Å². The highest BCUT2D eigenvalue weighted by molar-refractivity contribution is 6.33. The van der Waals surface area contributed by atoms with Gasteiger partial charge in [-0.3, -0.25) is 19.8 Å². The number of guanidine groups is 1. The molecule has 0 unspecified atom stereocenters. The Morgan fingerprint density at radius 1 is 0.905 bits per heavy atom. The number of rotatable bonds is 14. The fourth-order valence-electron chi connectivity index (χ4n) is 3.92. The molecule has 1 atom stereocenters. The first-order valence-electron chi connectivity index (χ1n) is 12.6. The van der Waals surface area contributed by atoms with Crippen LogP contribution in [0.4, 0.5) is 5.69 Å². The van der Waals surface area contributed by atoms with Gasteiger partial charge in [0.25, 0.3) is 5.91 Å². The van der Waals surface area contributed by atoms with Crippen molar-refractivity contribution in [1.82, 2.24) is 5.32 Å². The normalized spacial score (nSPS) is 11.1. The molecule has 0 heterocycles. The van der Waals surface area contributed by atoms with Crippen LogP contribution >= 0.6 is 0 Å². The predicted octanol–water partition coefficient (Wildman–Crippen LogP) is 1.78. The molecular formula is C29H30N6O7. The maximum Gasteiger partial charge on any atom is 0.372 e. The van der Waals surface area contributed by atoms with E-state index in [1.807, 2.05) is 6.07 Å². The molecule has 1 amide bonds. The molecule has 42 heavy (non-hydrogen) atoms. The summed E-state index contributed by atoms with van der Waals surface area (Å²) in [5.41, 5.74) is 19.3. The first-order chi connectivity index (χ1) is 19.9. The number of nitrogens with zero attached hydrogens (tertiary/aromatic N) is 1. The number of hydrogen-bond donors (Lipinski definition) is 7. The molecule has 3 aromatic carbocycles. The molecular weight excluding hydrogens is 544 g/mol. The number of amides is 1. The van der Waals surface area contributed by atoms with Gasteiger partial charge in [-0.25, -0.2) is 9.79 Å². The fraction of sp³-hybridized carbons (Fsp3) is 0.172. The zero-order valence-electron chi connectivity index (χ0n) is 22.4. The smallest absolute Gasteiger partial charge is 0.372 e. The van der Waals surface area contributed by atoms with Crippen LogP contribution in [0.3, 0.4) is 0 Å². The number of aliphatic carboxylic acids is 2. The first-order valence-corrected chi connectivity index (χ1v) is 12.6. The Balaban J connectivity index is 1.80. The van der Waals surface area contributed by atoms with Crippen LogP contribution in [-0.4, -0.2) is 58.3 Å². The van der Waals surface area contributed by atoms with Crippen LogP contribution in [0, 0.1) is 5.41 Å². The van der Waals surface area contributed by atoms with Crippen LogP contribution in [0.2, 0.25) is 0 Å². The molecule has 0 bridgehead atoms. The van der Waals surface area contributed by atoms with E-state index >= 15 is 0 Å². The van der Waals surface area contributed by atoms with E-state index in [1.165, 1.54) is 18.2 Å². The van der Waals surface area contributed by atoms with Crippen LogP contribution in [0.25, 0.3) is 11.1 Å². The lowest BCUT2D eigenvalue weighted by molar-refractivity contribution is -0.148. The number of hydrogen-bond acceptors (Lipinski definition) is 7. The van der Waals surface area contributed by atoms with E-state index in [9.17, 15) is 24.3 Å². The molecule has 0 radical (unpaired) electrons. The van der Waals surface area contributed by atoms with E-state index in [1.54, 1.807) is 42.5 Å². The largest absolute Gasteiger partial charge is 0.491 e. The Morgan fingerprint density at radius 2 is 1.62 bits per heavy atom. The number of Topliss-reactive ketones (excluding diaryl/α,β-unsaturated/α-hetero) is 1. The van der Waals surface area contributed by atoms with Crippen molar-refractivity contribution in [3.63, 3.8) is 0 Å². The molecule has 0 saturated carbocycles. The second-order valence-corrected chi connectivity index (χ2v) is 9.22. The number of aliphatic imine (C=N–C) groups is 1. The van der Waals surface area contributed by atoms with Gasteiger partial charge >= 0.3 is 11.9 Å². The summed E-state index contributed by atoms with van der Waals surface area (Å²) in [6.45, 7) is -0.208. The Hall–Kier alpha value is -5.72. The number of benzene rings is 3. The summed E-state index contributed by atoms with van der Waals surface area (Å²) in [5.74, 6) is -4.51. The van der Waals surface area contributed by atoms with Gasteiger partial charge < -0.3 is 37.5 Å². The van der Waals surface area contributed by atoms with Crippen molar-refractivity contribution in [2.45, 2.75) is 25.3 Å². The molecule has 13 nitrogen and oxygen atoms in total.